The summed E-state index contributed by atoms with van der Waals surface area (Å²) in [6.07, 6.45) is 0.770. The number of anilines is 1. The Balaban J connectivity index is 1.60. The predicted molar refractivity (Wildman–Crippen MR) is 112 cm³/mol. The van der Waals surface area contributed by atoms with E-state index in [1.54, 1.807) is 18.0 Å². The van der Waals surface area contributed by atoms with Gasteiger partial charge in [-0.15, -0.1) is 11.8 Å². The number of carbonyl (C=O) groups is 2. The summed E-state index contributed by atoms with van der Waals surface area (Å²) in [4.78, 5) is 27.6. The average Bonchev–Trinajstić information content (AvgIpc) is 3.05. The van der Waals surface area contributed by atoms with Crippen LogP contribution in [-0.2, 0) is 17.8 Å². The van der Waals surface area contributed by atoms with E-state index in [0.29, 0.717) is 17.8 Å². The van der Waals surface area contributed by atoms with Gasteiger partial charge in [0.2, 0.25) is 5.91 Å². The molecule has 1 N–H and O–H groups in total. The van der Waals surface area contributed by atoms with Gasteiger partial charge in [-0.25, -0.2) is 0 Å². The topological polar surface area (TPSA) is 62.6 Å². The summed E-state index contributed by atoms with van der Waals surface area (Å²) >= 11 is 1.51. The summed E-state index contributed by atoms with van der Waals surface area (Å²) in [6, 6.07) is 13.4. The fourth-order valence-corrected chi connectivity index (χ4v) is 4.41. The quantitative estimate of drug-likeness (QED) is 0.697. The summed E-state index contributed by atoms with van der Waals surface area (Å²) < 4.78 is 5.94. The number of amides is 2. The molecule has 6 heteroatoms. The lowest BCUT2D eigenvalue weighted by molar-refractivity contribution is -0.115. The van der Waals surface area contributed by atoms with Crippen LogP contribution in [0.2, 0.25) is 0 Å². The summed E-state index contributed by atoms with van der Waals surface area (Å²) in [7, 11) is 1.79. The van der Waals surface area contributed by atoms with E-state index in [9.17, 15) is 9.59 Å². The van der Waals surface area contributed by atoms with Gasteiger partial charge in [-0.3, -0.25) is 9.59 Å². The van der Waals surface area contributed by atoms with Crippen LogP contribution in [0.5, 0.6) is 0 Å². The molecule has 0 bridgehead atoms. The normalized spacial score (nSPS) is 16.0. The molecular formula is C22H22N2O3S. The van der Waals surface area contributed by atoms with Crippen molar-refractivity contribution < 1.29 is 14.0 Å². The molecule has 0 fully saturated rings. The van der Waals surface area contributed by atoms with Crippen LogP contribution >= 0.6 is 11.8 Å². The number of nitrogens with zero attached hydrogens (tertiary/aromatic N) is 1. The van der Waals surface area contributed by atoms with Crippen molar-refractivity contribution in [3.63, 3.8) is 0 Å². The molecule has 3 aromatic rings. The summed E-state index contributed by atoms with van der Waals surface area (Å²) in [5.41, 5.74) is 3.15. The predicted octanol–water partition coefficient (Wildman–Crippen LogP) is 4.70. The van der Waals surface area contributed by atoms with Gasteiger partial charge in [-0.05, 0) is 31.2 Å². The van der Waals surface area contributed by atoms with Gasteiger partial charge in [0.15, 0.2) is 0 Å². The second-order valence-electron chi connectivity index (χ2n) is 6.97. The Labute approximate surface area is 168 Å². The fraction of sp³-hybridized carbons (Fsp3) is 0.273. The molecule has 0 radical (unpaired) electrons. The maximum atomic E-state index is 13.0. The number of rotatable bonds is 4. The zero-order chi connectivity index (χ0) is 19.8. The number of fused-ring (bicyclic) bond motifs is 2. The van der Waals surface area contributed by atoms with Gasteiger partial charge < -0.3 is 14.6 Å². The number of furan rings is 1. The third-order valence-electron chi connectivity index (χ3n) is 5.00. The molecule has 0 saturated carbocycles. The molecule has 5 nitrogen and oxygen atoms in total. The van der Waals surface area contributed by atoms with Crippen molar-refractivity contribution in [2.24, 2.45) is 0 Å². The smallest absolute Gasteiger partial charge is 0.253 e. The van der Waals surface area contributed by atoms with Crippen molar-refractivity contribution in [1.29, 1.82) is 0 Å². The number of aryl methyl sites for hydroxylation is 1. The average molecular weight is 394 g/mol. The molecule has 144 valence electrons. The van der Waals surface area contributed by atoms with Gasteiger partial charge in [-0.1, -0.05) is 25.1 Å². The summed E-state index contributed by atoms with van der Waals surface area (Å²) in [5.74, 6) is 0.782. The lowest BCUT2D eigenvalue weighted by Gasteiger charge is -2.23. The highest BCUT2D eigenvalue weighted by Gasteiger charge is 2.25. The molecule has 1 atom stereocenters. The Morgan fingerprint density at radius 2 is 2.04 bits per heavy atom. The van der Waals surface area contributed by atoms with Crippen molar-refractivity contribution in [1.82, 2.24) is 4.90 Å². The second kappa shape index (κ2) is 7.36. The minimum atomic E-state index is -0.126. The van der Waals surface area contributed by atoms with Gasteiger partial charge in [0.05, 0.1) is 10.9 Å². The van der Waals surface area contributed by atoms with E-state index < -0.39 is 0 Å². The summed E-state index contributed by atoms with van der Waals surface area (Å²) in [6.45, 7) is 4.39. The van der Waals surface area contributed by atoms with Crippen LogP contribution in [0.4, 0.5) is 5.69 Å². The third-order valence-corrected chi connectivity index (χ3v) is 6.18. The van der Waals surface area contributed by atoms with Crippen LogP contribution in [-0.4, -0.2) is 29.0 Å². The highest BCUT2D eigenvalue weighted by atomic mass is 32.2. The number of thioether (sulfide) groups is 1. The van der Waals surface area contributed by atoms with Gasteiger partial charge in [-0.2, -0.15) is 0 Å². The molecule has 0 saturated heterocycles. The van der Waals surface area contributed by atoms with Crippen molar-refractivity contribution in [2.75, 3.05) is 12.4 Å². The first-order chi connectivity index (χ1) is 13.5. The number of nitrogens with one attached hydrogen (secondary N) is 1. The van der Waals surface area contributed by atoms with Gasteiger partial charge in [0.1, 0.15) is 11.3 Å². The van der Waals surface area contributed by atoms with Crippen molar-refractivity contribution in [3.8, 4) is 0 Å². The molecule has 4 rings (SSSR count). The molecule has 2 heterocycles. The minimum Gasteiger partial charge on any atom is -0.461 e. The first-order valence-electron chi connectivity index (χ1n) is 9.34. The van der Waals surface area contributed by atoms with Crippen LogP contribution in [0, 0.1) is 0 Å². The summed E-state index contributed by atoms with van der Waals surface area (Å²) in [5, 5.41) is 3.80. The van der Waals surface area contributed by atoms with E-state index in [2.05, 4.69) is 5.32 Å². The van der Waals surface area contributed by atoms with Crippen molar-refractivity contribution in [2.45, 2.75) is 37.0 Å². The minimum absolute atomic E-state index is 0.0343. The highest BCUT2D eigenvalue weighted by Crippen LogP contribution is 2.36. The third kappa shape index (κ3) is 3.29. The van der Waals surface area contributed by atoms with E-state index in [-0.39, 0.29) is 17.1 Å². The van der Waals surface area contributed by atoms with Crippen LogP contribution in [0.15, 0.2) is 51.8 Å². The Hall–Kier alpha value is -2.73. The van der Waals surface area contributed by atoms with E-state index in [1.165, 1.54) is 11.8 Å². The van der Waals surface area contributed by atoms with Gasteiger partial charge >= 0.3 is 0 Å². The second-order valence-corrected chi connectivity index (χ2v) is 8.36. The molecule has 0 aliphatic carbocycles. The maximum Gasteiger partial charge on any atom is 0.253 e. The number of carbonyl (C=O) groups excluding carboxylic acids is 2. The van der Waals surface area contributed by atoms with Crippen LogP contribution < -0.4 is 5.32 Å². The number of hydrogen-bond acceptors (Lipinski definition) is 4. The molecule has 28 heavy (non-hydrogen) atoms. The zero-order valence-electron chi connectivity index (χ0n) is 16.1. The number of hydrogen-bond donors (Lipinski definition) is 1. The van der Waals surface area contributed by atoms with E-state index in [4.69, 9.17) is 4.42 Å². The number of benzene rings is 2. The Morgan fingerprint density at radius 1 is 1.25 bits per heavy atom. The lowest BCUT2D eigenvalue weighted by atomic mass is 10.1. The Bertz CT molecular complexity index is 1070. The van der Waals surface area contributed by atoms with E-state index >= 15 is 0 Å². The Morgan fingerprint density at radius 3 is 2.82 bits per heavy atom. The van der Waals surface area contributed by atoms with E-state index in [1.807, 2.05) is 50.2 Å². The van der Waals surface area contributed by atoms with Crippen molar-refractivity contribution in [3.05, 3.63) is 59.4 Å². The maximum absolute atomic E-state index is 13.0. The molecular weight excluding hydrogens is 372 g/mol. The molecule has 0 unspecified atom stereocenters. The van der Waals surface area contributed by atoms with Gasteiger partial charge in [0.25, 0.3) is 5.91 Å². The van der Waals surface area contributed by atoms with Crippen molar-refractivity contribution >= 4 is 40.2 Å². The fourth-order valence-electron chi connectivity index (χ4n) is 3.48. The van der Waals surface area contributed by atoms with Crippen LogP contribution in [0.25, 0.3) is 11.0 Å². The highest BCUT2D eigenvalue weighted by molar-refractivity contribution is 8.00. The Kier molecular flexibility index (Phi) is 4.89. The molecule has 2 amide bonds. The van der Waals surface area contributed by atoms with Crippen LogP contribution in [0.3, 0.4) is 0 Å². The molecule has 1 aliphatic rings. The largest absolute Gasteiger partial charge is 0.461 e. The molecule has 1 aromatic heterocycles. The zero-order valence-corrected chi connectivity index (χ0v) is 16.9. The van der Waals surface area contributed by atoms with Gasteiger partial charge in [0, 0.05) is 41.4 Å². The van der Waals surface area contributed by atoms with E-state index in [0.717, 1.165) is 33.6 Å². The lowest BCUT2D eigenvalue weighted by Crippen LogP contribution is -2.28. The molecule has 2 aromatic carbocycles. The first-order valence-corrected chi connectivity index (χ1v) is 10.2. The molecule has 0 spiro atoms. The number of para-hydroxylation sites is 1. The SMILES string of the molecule is CCc1oc2ccccc2c1CN(C)C(=O)c1ccc2c(c1)NC(=O)[C@H](C)S2. The van der Waals surface area contributed by atoms with Crippen LogP contribution in [0.1, 0.15) is 35.5 Å². The standard InChI is InChI=1S/C22H22N2O3S/c1-4-18-16(15-7-5-6-8-19(15)27-18)12-24(3)22(26)14-9-10-20-17(11-14)23-21(25)13(2)28-20/h5-11,13H,4,12H2,1-3H3,(H,23,25)/t13-/m0/s1. The molecule has 1 aliphatic heterocycles. The first kappa shape index (κ1) is 18.6. The monoisotopic (exact) mass is 394 g/mol.